The first-order valence-corrected chi connectivity index (χ1v) is 6.90. The van der Waals surface area contributed by atoms with Gasteiger partial charge in [-0.15, -0.1) is 0 Å². The van der Waals surface area contributed by atoms with E-state index in [1.54, 1.807) is 12.1 Å². The maximum absolute atomic E-state index is 12.9. The molecule has 1 saturated heterocycles. The SMILES string of the molecule is Fc1ccc(-c2ncn(CC3CCO3)c2I)cc1. The van der Waals surface area contributed by atoms with Crippen LogP contribution >= 0.6 is 22.6 Å². The van der Waals surface area contributed by atoms with Crippen LogP contribution in [0.3, 0.4) is 0 Å². The number of hydrogen-bond acceptors (Lipinski definition) is 2. The van der Waals surface area contributed by atoms with E-state index in [1.807, 2.05) is 6.33 Å². The molecule has 2 aromatic rings. The van der Waals surface area contributed by atoms with Gasteiger partial charge in [-0.2, -0.15) is 0 Å². The van der Waals surface area contributed by atoms with Crippen LogP contribution in [-0.4, -0.2) is 22.3 Å². The molecule has 1 fully saturated rings. The number of rotatable bonds is 3. The fourth-order valence-corrected chi connectivity index (χ4v) is 2.72. The number of ether oxygens (including phenoxy) is 1. The number of imidazole rings is 1. The van der Waals surface area contributed by atoms with E-state index in [2.05, 4.69) is 32.1 Å². The summed E-state index contributed by atoms with van der Waals surface area (Å²) in [5.41, 5.74) is 1.84. The van der Waals surface area contributed by atoms with Crippen LogP contribution in [0.15, 0.2) is 30.6 Å². The second-order valence-electron chi connectivity index (χ2n) is 4.32. The Morgan fingerprint density at radius 3 is 2.72 bits per heavy atom. The molecule has 3 nitrogen and oxygen atoms in total. The summed E-state index contributed by atoms with van der Waals surface area (Å²) in [7, 11) is 0. The van der Waals surface area contributed by atoms with Gasteiger partial charge in [0.2, 0.25) is 0 Å². The van der Waals surface area contributed by atoms with Crippen LogP contribution < -0.4 is 0 Å². The van der Waals surface area contributed by atoms with Gasteiger partial charge < -0.3 is 9.30 Å². The van der Waals surface area contributed by atoms with E-state index in [0.717, 1.165) is 34.5 Å². The van der Waals surface area contributed by atoms with Crippen molar-refractivity contribution in [3.05, 3.63) is 40.1 Å². The van der Waals surface area contributed by atoms with Crippen molar-refractivity contribution >= 4 is 22.6 Å². The van der Waals surface area contributed by atoms with Crippen LogP contribution in [0.2, 0.25) is 0 Å². The Morgan fingerprint density at radius 2 is 2.11 bits per heavy atom. The predicted molar refractivity (Wildman–Crippen MR) is 74.7 cm³/mol. The van der Waals surface area contributed by atoms with Crippen molar-refractivity contribution in [2.24, 2.45) is 0 Å². The zero-order valence-electron chi connectivity index (χ0n) is 9.64. The zero-order chi connectivity index (χ0) is 12.5. The number of benzene rings is 1. The third kappa shape index (κ3) is 2.29. The number of halogens is 2. The largest absolute Gasteiger partial charge is 0.376 e. The highest BCUT2D eigenvalue weighted by Gasteiger charge is 2.20. The van der Waals surface area contributed by atoms with Gasteiger partial charge in [0.15, 0.2) is 0 Å². The van der Waals surface area contributed by atoms with Crippen molar-refractivity contribution in [2.45, 2.75) is 19.1 Å². The molecule has 1 aliphatic heterocycles. The van der Waals surface area contributed by atoms with Crippen molar-refractivity contribution in [1.82, 2.24) is 9.55 Å². The van der Waals surface area contributed by atoms with Crippen LogP contribution in [0.5, 0.6) is 0 Å². The van der Waals surface area contributed by atoms with Gasteiger partial charge in [0, 0.05) is 12.2 Å². The van der Waals surface area contributed by atoms with Gasteiger partial charge in [-0.3, -0.25) is 0 Å². The molecule has 18 heavy (non-hydrogen) atoms. The Kier molecular flexibility index (Phi) is 3.34. The molecule has 1 aromatic heterocycles. The average Bonchev–Trinajstić information content (AvgIpc) is 2.67. The minimum Gasteiger partial charge on any atom is -0.376 e. The van der Waals surface area contributed by atoms with Gasteiger partial charge in [0.25, 0.3) is 0 Å². The topological polar surface area (TPSA) is 27.1 Å². The average molecular weight is 358 g/mol. The summed E-state index contributed by atoms with van der Waals surface area (Å²) >= 11 is 2.27. The zero-order valence-corrected chi connectivity index (χ0v) is 11.8. The molecule has 1 atom stereocenters. The molecule has 0 saturated carbocycles. The second-order valence-corrected chi connectivity index (χ2v) is 5.35. The second kappa shape index (κ2) is 4.97. The van der Waals surface area contributed by atoms with E-state index < -0.39 is 0 Å². The molecule has 94 valence electrons. The Balaban J connectivity index is 1.86. The molecule has 2 heterocycles. The number of hydrogen-bond donors (Lipinski definition) is 0. The van der Waals surface area contributed by atoms with Gasteiger partial charge in [-0.25, -0.2) is 9.37 Å². The van der Waals surface area contributed by atoms with Crippen LogP contribution in [0.1, 0.15) is 6.42 Å². The van der Waals surface area contributed by atoms with Crippen LogP contribution in [0, 0.1) is 9.52 Å². The molecule has 0 N–H and O–H groups in total. The molecule has 3 rings (SSSR count). The maximum Gasteiger partial charge on any atom is 0.123 e. The van der Waals surface area contributed by atoms with Gasteiger partial charge in [0.05, 0.1) is 19.0 Å². The standard InChI is InChI=1S/C13H12FIN2O/c14-10-3-1-9(2-4-10)12-13(15)17(8-16-12)7-11-5-6-18-11/h1-4,8,11H,5-7H2. The lowest BCUT2D eigenvalue weighted by molar-refractivity contribution is -0.0595. The van der Waals surface area contributed by atoms with Crippen molar-refractivity contribution < 1.29 is 9.13 Å². The predicted octanol–water partition coefficient (Wildman–Crippen LogP) is 3.08. The molecule has 0 spiro atoms. The van der Waals surface area contributed by atoms with Gasteiger partial charge >= 0.3 is 0 Å². The van der Waals surface area contributed by atoms with Crippen molar-refractivity contribution in [2.75, 3.05) is 6.61 Å². The monoisotopic (exact) mass is 358 g/mol. The summed E-state index contributed by atoms with van der Waals surface area (Å²) in [5.74, 6) is -0.226. The van der Waals surface area contributed by atoms with E-state index in [0.29, 0.717) is 6.10 Å². The molecule has 0 bridgehead atoms. The normalized spacial score (nSPS) is 18.7. The molecule has 0 radical (unpaired) electrons. The quantitative estimate of drug-likeness (QED) is 0.789. The first kappa shape index (κ1) is 12.1. The highest BCUT2D eigenvalue weighted by Crippen LogP contribution is 2.25. The summed E-state index contributed by atoms with van der Waals surface area (Å²) in [6.07, 6.45) is 3.25. The molecule has 0 amide bonds. The van der Waals surface area contributed by atoms with Crippen molar-refractivity contribution in [3.63, 3.8) is 0 Å². The Labute approximate surface area is 118 Å². The summed E-state index contributed by atoms with van der Waals surface area (Å²) < 4.78 is 21.5. The maximum atomic E-state index is 12.9. The third-order valence-corrected chi connectivity index (χ3v) is 4.22. The lowest BCUT2D eigenvalue weighted by Crippen LogP contribution is -2.31. The lowest BCUT2D eigenvalue weighted by atomic mass is 10.1. The van der Waals surface area contributed by atoms with Gasteiger partial charge in [-0.05, 0) is 53.3 Å². The van der Waals surface area contributed by atoms with Crippen molar-refractivity contribution in [1.29, 1.82) is 0 Å². The van der Waals surface area contributed by atoms with Gasteiger partial charge in [-0.1, -0.05) is 0 Å². The third-order valence-electron chi connectivity index (χ3n) is 3.09. The Bertz CT molecular complexity index is 549. The van der Waals surface area contributed by atoms with E-state index in [4.69, 9.17) is 4.74 Å². The molecular weight excluding hydrogens is 346 g/mol. The highest BCUT2D eigenvalue weighted by molar-refractivity contribution is 14.1. The molecular formula is C13H12FIN2O. The van der Waals surface area contributed by atoms with Gasteiger partial charge in [0.1, 0.15) is 15.2 Å². The van der Waals surface area contributed by atoms with Crippen molar-refractivity contribution in [3.8, 4) is 11.3 Å². The first-order chi connectivity index (χ1) is 8.74. The molecule has 1 aromatic carbocycles. The van der Waals surface area contributed by atoms with Crippen LogP contribution in [-0.2, 0) is 11.3 Å². The molecule has 1 unspecified atom stereocenters. The summed E-state index contributed by atoms with van der Waals surface area (Å²) in [4.78, 5) is 4.40. The Hall–Kier alpha value is -0.950. The number of aromatic nitrogens is 2. The minimum absolute atomic E-state index is 0.226. The van der Waals surface area contributed by atoms with E-state index in [-0.39, 0.29) is 5.82 Å². The van der Waals surface area contributed by atoms with E-state index in [9.17, 15) is 4.39 Å². The molecule has 1 aliphatic rings. The molecule has 5 heteroatoms. The summed E-state index contributed by atoms with van der Waals surface area (Å²) in [6.45, 7) is 1.70. The van der Waals surface area contributed by atoms with Crippen LogP contribution in [0.25, 0.3) is 11.3 Å². The number of nitrogens with zero attached hydrogens (tertiary/aromatic N) is 2. The minimum atomic E-state index is -0.226. The smallest absolute Gasteiger partial charge is 0.123 e. The Morgan fingerprint density at radius 1 is 1.39 bits per heavy atom. The first-order valence-electron chi connectivity index (χ1n) is 5.82. The summed E-state index contributed by atoms with van der Waals surface area (Å²) in [5, 5.41) is 0. The fraction of sp³-hybridized carbons (Fsp3) is 0.308. The molecule has 0 aliphatic carbocycles. The highest BCUT2D eigenvalue weighted by atomic mass is 127. The van der Waals surface area contributed by atoms with E-state index >= 15 is 0 Å². The van der Waals surface area contributed by atoms with E-state index in [1.165, 1.54) is 12.1 Å². The fourth-order valence-electron chi connectivity index (χ4n) is 1.94. The van der Waals surface area contributed by atoms with Crippen LogP contribution in [0.4, 0.5) is 4.39 Å². The summed E-state index contributed by atoms with van der Waals surface area (Å²) in [6, 6.07) is 6.42. The lowest BCUT2D eigenvalue weighted by Gasteiger charge is -2.26.